The number of hydrogen-bond donors (Lipinski definition) is 1. The second-order valence-electron chi connectivity index (χ2n) is 5.67. The number of methoxy groups -OCH3 is 2. The Morgan fingerprint density at radius 3 is 2.79 bits per heavy atom. The maximum absolute atomic E-state index is 11.4. The Morgan fingerprint density at radius 2 is 2.12 bits per heavy atom. The van der Waals surface area contributed by atoms with Gasteiger partial charge in [-0.2, -0.15) is 0 Å². The van der Waals surface area contributed by atoms with Crippen molar-refractivity contribution < 1.29 is 24.1 Å². The molecule has 6 nitrogen and oxygen atoms in total. The molecule has 1 rings (SSSR count). The van der Waals surface area contributed by atoms with Crippen LogP contribution in [0.5, 0.6) is 5.75 Å². The van der Waals surface area contributed by atoms with Gasteiger partial charge in [0.2, 0.25) is 0 Å². The van der Waals surface area contributed by atoms with Crippen molar-refractivity contribution in [1.82, 2.24) is 4.90 Å². The Morgan fingerprint density at radius 1 is 1.33 bits per heavy atom. The summed E-state index contributed by atoms with van der Waals surface area (Å²) in [6.07, 6.45) is 0.391. The molecule has 24 heavy (non-hydrogen) atoms. The molecule has 0 aliphatic heterocycles. The third-order valence-electron chi connectivity index (χ3n) is 3.51. The van der Waals surface area contributed by atoms with E-state index in [0.29, 0.717) is 32.7 Å². The minimum Gasteiger partial charge on any atom is -0.497 e. The minimum atomic E-state index is -0.728. The van der Waals surface area contributed by atoms with Crippen LogP contribution in [0.2, 0.25) is 0 Å². The number of hydrogen-bond acceptors (Lipinski definition) is 6. The summed E-state index contributed by atoms with van der Waals surface area (Å²) in [6, 6.07) is 7.81. The minimum absolute atomic E-state index is 0.0143. The van der Waals surface area contributed by atoms with Gasteiger partial charge in [-0.05, 0) is 24.1 Å². The van der Waals surface area contributed by atoms with Crippen molar-refractivity contribution in [2.45, 2.75) is 32.4 Å². The van der Waals surface area contributed by atoms with Gasteiger partial charge in [0.1, 0.15) is 18.5 Å². The molecule has 0 radical (unpaired) electrons. The average molecular weight is 339 g/mol. The van der Waals surface area contributed by atoms with Crippen LogP contribution in [0.25, 0.3) is 0 Å². The maximum atomic E-state index is 11.4. The molecule has 0 saturated heterocycles. The number of rotatable bonds is 12. The Bertz CT molecular complexity index is 480. The smallest absolute Gasteiger partial charge is 0.305 e. The Kier molecular flexibility index (Phi) is 10.1. The van der Waals surface area contributed by atoms with E-state index >= 15 is 0 Å². The second kappa shape index (κ2) is 11.8. The van der Waals surface area contributed by atoms with Crippen molar-refractivity contribution in [3.05, 3.63) is 29.8 Å². The SMILES string of the molecule is CCCC(=O)OCC(O)CN(CCOC)Cc1cccc(OC)c1. The Hall–Kier alpha value is -1.63. The van der Waals surface area contributed by atoms with Crippen molar-refractivity contribution in [2.24, 2.45) is 0 Å². The zero-order valence-electron chi connectivity index (χ0n) is 14.9. The first-order valence-corrected chi connectivity index (χ1v) is 8.27. The van der Waals surface area contributed by atoms with Crippen molar-refractivity contribution in [1.29, 1.82) is 0 Å². The fourth-order valence-electron chi connectivity index (χ4n) is 2.30. The van der Waals surface area contributed by atoms with E-state index in [9.17, 15) is 9.90 Å². The van der Waals surface area contributed by atoms with Crippen LogP contribution in [-0.4, -0.2) is 62.6 Å². The molecule has 0 amide bonds. The van der Waals surface area contributed by atoms with E-state index in [4.69, 9.17) is 14.2 Å². The summed E-state index contributed by atoms with van der Waals surface area (Å²) in [5.74, 6) is 0.529. The lowest BCUT2D eigenvalue weighted by Crippen LogP contribution is -2.37. The highest BCUT2D eigenvalue weighted by molar-refractivity contribution is 5.69. The van der Waals surface area contributed by atoms with E-state index in [1.54, 1.807) is 14.2 Å². The van der Waals surface area contributed by atoms with Crippen LogP contribution >= 0.6 is 0 Å². The fraction of sp³-hybridized carbons (Fsp3) is 0.611. The second-order valence-corrected chi connectivity index (χ2v) is 5.67. The van der Waals surface area contributed by atoms with E-state index < -0.39 is 6.10 Å². The predicted octanol–water partition coefficient (Wildman–Crippen LogP) is 1.85. The van der Waals surface area contributed by atoms with Gasteiger partial charge in [0, 0.05) is 33.2 Å². The number of nitrogens with zero attached hydrogens (tertiary/aromatic N) is 1. The molecule has 0 aromatic heterocycles. The zero-order valence-corrected chi connectivity index (χ0v) is 14.9. The van der Waals surface area contributed by atoms with Crippen LogP contribution in [0, 0.1) is 0 Å². The molecule has 1 aromatic carbocycles. The quantitative estimate of drug-likeness (QED) is 0.586. The van der Waals surface area contributed by atoms with Crippen LogP contribution in [0.15, 0.2) is 24.3 Å². The maximum Gasteiger partial charge on any atom is 0.305 e. The van der Waals surface area contributed by atoms with Gasteiger partial charge in [-0.15, -0.1) is 0 Å². The zero-order chi connectivity index (χ0) is 17.8. The molecule has 1 N–H and O–H groups in total. The van der Waals surface area contributed by atoms with E-state index in [2.05, 4.69) is 4.90 Å². The van der Waals surface area contributed by atoms with Gasteiger partial charge in [-0.25, -0.2) is 0 Å². The molecular formula is C18H29NO5. The predicted molar refractivity (Wildman–Crippen MR) is 92.0 cm³/mol. The van der Waals surface area contributed by atoms with Crippen molar-refractivity contribution in [3.8, 4) is 5.75 Å². The molecule has 0 saturated carbocycles. The first-order valence-electron chi connectivity index (χ1n) is 8.27. The summed E-state index contributed by atoms with van der Waals surface area (Å²) < 4.78 is 15.4. The lowest BCUT2D eigenvalue weighted by Gasteiger charge is -2.25. The normalized spacial score (nSPS) is 12.2. The van der Waals surface area contributed by atoms with Gasteiger partial charge in [-0.3, -0.25) is 9.69 Å². The standard InChI is InChI=1S/C18H29NO5/c1-4-6-18(21)24-14-16(20)13-19(9-10-22-2)12-15-7-5-8-17(11-15)23-3/h5,7-8,11,16,20H,4,6,9-10,12-14H2,1-3H3. The number of aliphatic hydroxyl groups excluding tert-OH is 1. The van der Waals surface area contributed by atoms with E-state index in [-0.39, 0.29) is 12.6 Å². The fourth-order valence-corrected chi connectivity index (χ4v) is 2.30. The van der Waals surface area contributed by atoms with E-state index in [1.165, 1.54) is 0 Å². The number of ether oxygens (including phenoxy) is 3. The summed E-state index contributed by atoms with van der Waals surface area (Å²) in [6.45, 7) is 4.22. The molecular weight excluding hydrogens is 310 g/mol. The number of carbonyl (C=O) groups is 1. The largest absolute Gasteiger partial charge is 0.497 e. The molecule has 1 unspecified atom stereocenters. The van der Waals surface area contributed by atoms with Gasteiger partial charge in [0.15, 0.2) is 0 Å². The van der Waals surface area contributed by atoms with Crippen LogP contribution in [0.3, 0.4) is 0 Å². The number of esters is 1. The molecule has 1 atom stereocenters. The van der Waals surface area contributed by atoms with Gasteiger partial charge in [-0.1, -0.05) is 19.1 Å². The topological polar surface area (TPSA) is 68.2 Å². The van der Waals surface area contributed by atoms with Crippen LogP contribution in [-0.2, 0) is 20.8 Å². The highest BCUT2D eigenvalue weighted by atomic mass is 16.5. The Balaban J connectivity index is 2.55. The highest BCUT2D eigenvalue weighted by Crippen LogP contribution is 2.14. The first-order chi connectivity index (χ1) is 11.6. The Labute approximate surface area is 144 Å². The first kappa shape index (κ1) is 20.4. The van der Waals surface area contributed by atoms with Crippen LogP contribution in [0.1, 0.15) is 25.3 Å². The number of benzene rings is 1. The third kappa shape index (κ3) is 8.29. The lowest BCUT2D eigenvalue weighted by molar-refractivity contribution is -0.147. The van der Waals surface area contributed by atoms with Gasteiger partial charge in [0.05, 0.1) is 13.7 Å². The molecule has 0 spiro atoms. The summed E-state index contributed by atoms with van der Waals surface area (Å²) in [4.78, 5) is 13.5. The molecule has 0 heterocycles. The molecule has 1 aromatic rings. The van der Waals surface area contributed by atoms with Crippen molar-refractivity contribution in [2.75, 3.05) is 40.5 Å². The molecule has 136 valence electrons. The van der Waals surface area contributed by atoms with E-state index in [0.717, 1.165) is 17.7 Å². The third-order valence-corrected chi connectivity index (χ3v) is 3.51. The number of carbonyl (C=O) groups excluding carboxylic acids is 1. The van der Waals surface area contributed by atoms with Crippen molar-refractivity contribution in [3.63, 3.8) is 0 Å². The van der Waals surface area contributed by atoms with Gasteiger partial charge >= 0.3 is 5.97 Å². The van der Waals surface area contributed by atoms with Gasteiger partial charge < -0.3 is 19.3 Å². The van der Waals surface area contributed by atoms with Gasteiger partial charge in [0.25, 0.3) is 0 Å². The van der Waals surface area contributed by atoms with Crippen LogP contribution in [0.4, 0.5) is 0 Å². The van der Waals surface area contributed by atoms with Crippen LogP contribution < -0.4 is 4.74 Å². The molecule has 6 heteroatoms. The van der Waals surface area contributed by atoms with Crippen molar-refractivity contribution >= 4 is 5.97 Å². The lowest BCUT2D eigenvalue weighted by atomic mass is 10.2. The molecule has 0 fully saturated rings. The highest BCUT2D eigenvalue weighted by Gasteiger charge is 2.14. The summed E-state index contributed by atoms with van der Waals surface area (Å²) in [5.41, 5.74) is 1.08. The summed E-state index contributed by atoms with van der Waals surface area (Å²) in [7, 11) is 3.28. The monoisotopic (exact) mass is 339 g/mol. The average Bonchev–Trinajstić information content (AvgIpc) is 2.58. The summed E-state index contributed by atoms with van der Waals surface area (Å²) >= 11 is 0. The molecule has 0 aliphatic carbocycles. The summed E-state index contributed by atoms with van der Waals surface area (Å²) in [5, 5.41) is 10.1. The molecule has 0 aliphatic rings. The number of aliphatic hydroxyl groups is 1. The molecule has 0 bridgehead atoms. The van der Waals surface area contributed by atoms with E-state index in [1.807, 2.05) is 31.2 Å².